The standard InChI is InChI=1S/C9H10ClFN2/c10-9-12-5-7(11)8(13-9)6-3-1-2-4-6/h5-6H,1-4H2. The summed E-state index contributed by atoms with van der Waals surface area (Å²) in [6.45, 7) is 0. The van der Waals surface area contributed by atoms with Crippen molar-refractivity contribution in [2.24, 2.45) is 0 Å². The highest BCUT2D eigenvalue weighted by molar-refractivity contribution is 6.28. The summed E-state index contributed by atoms with van der Waals surface area (Å²) in [4.78, 5) is 7.52. The van der Waals surface area contributed by atoms with Crippen LogP contribution in [0.4, 0.5) is 4.39 Å². The fourth-order valence-corrected chi connectivity index (χ4v) is 1.98. The zero-order valence-electron chi connectivity index (χ0n) is 7.13. The fourth-order valence-electron chi connectivity index (χ4n) is 1.84. The van der Waals surface area contributed by atoms with Gasteiger partial charge in [-0.15, -0.1) is 0 Å². The third-order valence-corrected chi connectivity index (χ3v) is 2.67. The summed E-state index contributed by atoms with van der Waals surface area (Å²) in [7, 11) is 0. The van der Waals surface area contributed by atoms with Gasteiger partial charge in [0.1, 0.15) is 0 Å². The maximum absolute atomic E-state index is 13.2. The number of hydrogen-bond acceptors (Lipinski definition) is 2. The van der Waals surface area contributed by atoms with Gasteiger partial charge in [0.05, 0.1) is 11.9 Å². The predicted molar refractivity (Wildman–Crippen MR) is 48.2 cm³/mol. The van der Waals surface area contributed by atoms with Crippen LogP contribution in [0.25, 0.3) is 0 Å². The van der Waals surface area contributed by atoms with Crippen molar-refractivity contribution in [3.8, 4) is 0 Å². The van der Waals surface area contributed by atoms with Crippen molar-refractivity contribution in [1.82, 2.24) is 9.97 Å². The summed E-state index contributed by atoms with van der Waals surface area (Å²) in [6.07, 6.45) is 5.51. The van der Waals surface area contributed by atoms with Crippen LogP contribution in [0.1, 0.15) is 37.3 Å². The summed E-state index contributed by atoms with van der Waals surface area (Å²) in [5.41, 5.74) is 0.498. The molecule has 0 aliphatic heterocycles. The van der Waals surface area contributed by atoms with Crippen LogP contribution >= 0.6 is 11.6 Å². The average molecular weight is 201 g/mol. The topological polar surface area (TPSA) is 25.8 Å². The third kappa shape index (κ3) is 1.80. The van der Waals surface area contributed by atoms with E-state index in [-0.39, 0.29) is 17.0 Å². The lowest BCUT2D eigenvalue weighted by Gasteiger charge is -2.08. The van der Waals surface area contributed by atoms with Gasteiger partial charge in [-0.25, -0.2) is 14.4 Å². The average Bonchev–Trinajstić information content (AvgIpc) is 2.61. The van der Waals surface area contributed by atoms with Gasteiger partial charge in [0, 0.05) is 5.92 Å². The van der Waals surface area contributed by atoms with Crippen LogP contribution in [0.15, 0.2) is 6.20 Å². The van der Waals surface area contributed by atoms with E-state index in [2.05, 4.69) is 9.97 Å². The molecule has 1 aliphatic carbocycles. The number of halogens is 2. The molecule has 0 bridgehead atoms. The van der Waals surface area contributed by atoms with Gasteiger partial charge in [0.25, 0.3) is 0 Å². The minimum atomic E-state index is -0.323. The van der Waals surface area contributed by atoms with Crippen molar-refractivity contribution in [3.63, 3.8) is 0 Å². The first-order chi connectivity index (χ1) is 6.27. The number of nitrogens with zero attached hydrogens (tertiary/aromatic N) is 2. The molecule has 1 heterocycles. The Morgan fingerprint density at radius 2 is 2.08 bits per heavy atom. The molecule has 1 aliphatic rings. The van der Waals surface area contributed by atoms with Crippen molar-refractivity contribution in [2.75, 3.05) is 0 Å². The summed E-state index contributed by atoms with van der Waals surface area (Å²) in [5.74, 6) is -0.0724. The second-order valence-corrected chi connectivity index (χ2v) is 3.69. The molecule has 1 aromatic heterocycles. The molecule has 0 saturated heterocycles. The van der Waals surface area contributed by atoms with Crippen molar-refractivity contribution < 1.29 is 4.39 Å². The van der Waals surface area contributed by atoms with E-state index in [1.54, 1.807) is 0 Å². The smallest absolute Gasteiger partial charge is 0.222 e. The van der Waals surface area contributed by atoms with Gasteiger partial charge in [-0.2, -0.15) is 0 Å². The molecule has 1 fully saturated rings. The molecule has 0 unspecified atom stereocenters. The van der Waals surface area contributed by atoms with Crippen LogP contribution in [-0.4, -0.2) is 9.97 Å². The van der Waals surface area contributed by atoms with Gasteiger partial charge < -0.3 is 0 Å². The Balaban J connectivity index is 2.32. The largest absolute Gasteiger partial charge is 0.223 e. The van der Waals surface area contributed by atoms with Crippen LogP contribution in [0.2, 0.25) is 5.28 Å². The van der Waals surface area contributed by atoms with Gasteiger partial charge in [-0.05, 0) is 24.4 Å². The second-order valence-electron chi connectivity index (χ2n) is 3.35. The Hall–Kier alpha value is -0.700. The Bertz CT molecular complexity index is 310. The molecule has 1 saturated carbocycles. The minimum absolute atomic E-state index is 0.142. The molecule has 2 nitrogen and oxygen atoms in total. The van der Waals surface area contributed by atoms with Crippen LogP contribution in [0.5, 0.6) is 0 Å². The van der Waals surface area contributed by atoms with Gasteiger partial charge >= 0.3 is 0 Å². The van der Waals surface area contributed by atoms with Gasteiger partial charge in [0.15, 0.2) is 5.82 Å². The lowest BCUT2D eigenvalue weighted by atomic mass is 10.0. The molecule has 0 atom stereocenters. The van der Waals surface area contributed by atoms with Crippen LogP contribution < -0.4 is 0 Å². The maximum Gasteiger partial charge on any atom is 0.222 e. The molecule has 4 heteroatoms. The zero-order chi connectivity index (χ0) is 9.26. The van der Waals surface area contributed by atoms with Crippen molar-refractivity contribution in [2.45, 2.75) is 31.6 Å². The Morgan fingerprint density at radius 1 is 1.38 bits per heavy atom. The Morgan fingerprint density at radius 3 is 2.77 bits per heavy atom. The van der Waals surface area contributed by atoms with E-state index in [0.29, 0.717) is 5.69 Å². The van der Waals surface area contributed by atoms with E-state index in [1.165, 1.54) is 0 Å². The Kier molecular flexibility index (Phi) is 2.44. The van der Waals surface area contributed by atoms with Crippen molar-refractivity contribution in [1.29, 1.82) is 0 Å². The van der Waals surface area contributed by atoms with E-state index in [0.717, 1.165) is 31.9 Å². The highest BCUT2D eigenvalue weighted by Gasteiger charge is 2.22. The zero-order valence-corrected chi connectivity index (χ0v) is 7.89. The van der Waals surface area contributed by atoms with E-state index in [1.807, 2.05) is 0 Å². The summed E-state index contributed by atoms with van der Waals surface area (Å²) < 4.78 is 13.2. The summed E-state index contributed by atoms with van der Waals surface area (Å²) in [5, 5.41) is 0.142. The van der Waals surface area contributed by atoms with Gasteiger partial charge in [-0.3, -0.25) is 0 Å². The third-order valence-electron chi connectivity index (χ3n) is 2.48. The fraction of sp³-hybridized carbons (Fsp3) is 0.556. The highest BCUT2D eigenvalue weighted by atomic mass is 35.5. The second kappa shape index (κ2) is 3.58. The first-order valence-corrected chi connectivity index (χ1v) is 4.83. The predicted octanol–water partition coefficient (Wildman–Crippen LogP) is 2.93. The van der Waals surface area contributed by atoms with Crippen LogP contribution in [0.3, 0.4) is 0 Å². The van der Waals surface area contributed by atoms with E-state index < -0.39 is 0 Å². The van der Waals surface area contributed by atoms with Gasteiger partial charge in [0.2, 0.25) is 5.28 Å². The lowest BCUT2D eigenvalue weighted by molar-refractivity contribution is 0.556. The van der Waals surface area contributed by atoms with E-state index in [9.17, 15) is 4.39 Å². The van der Waals surface area contributed by atoms with Crippen molar-refractivity contribution in [3.05, 3.63) is 23.0 Å². The minimum Gasteiger partial charge on any atom is -0.223 e. The number of rotatable bonds is 1. The molecule has 0 radical (unpaired) electrons. The van der Waals surface area contributed by atoms with E-state index in [4.69, 9.17) is 11.6 Å². The number of aromatic nitrogens is 2. The van der Waals surface area contributed by atoms with Crippen molar-refractivity contribution >= 4 is 11.6 Å². The molecule has 70 valence electrons. The molecule has 0 amide bonds. The molecular weight excluding hydrogens is 191 g/mol. The summed E-state index contributed by atoms with van der Waals surface area (Å²) >= 11 is 5.61. The Labute approximate surface area is 81.2 Å². The lowest BCUT2D eigenvalue weighted by Crippen LogP contribution is -2.02. The molecule has 0 spiro atoms. The maximum atomic E-state index is 13.2. The molecule has 2 rings (SSSR count). The SMILES string of the molecule is Fc1cnc(Cl)nc1C1CCCC1. The van der Waals surface area contributed by atoms with Crippen LogP contribution in [-0.2, 0) is 0 Å². The first kappa shape index (κ1) is 8.88. The molecule has 13 heavy (non-hydrogen) atoms. The molecule has 1 aromatic rings. The number of hydrogen-bond donors (Lipinski definition) is 0. The first-order valence-electron chi connectivity index (χ1n) is 4.45. The summed E-state index contributed by atoms with van der Waals surface area (Å²) in [6, 6.07) is 0. The molecule has 0 N–H and O–H groups in total. The normalized spacial score (nSPS) is 18.0. The van der Waals surface area contributed by atoms with Crippen LogP contribution in [0, 0.1) is 5.82 Å². The quantitative estimate of drug-likeness (QED) is 0.652. The molecular formula is C9H10ClFN2. The monoisotopic (exact) mass is 200 g/mol. The highest BCUT2D eigenvalue weighted by Crippen LogP contribution is 2.34. The van der Waals surface area contributed by atoms with E-state index >= 15 is 0 Å². The van der Waals surface area contributed by atoms with Gasteiger partial charge in [-0.1, -0.05) is 12.8 Å². The molecule has 0 aromatic carbocycles.